The first-order valence-electron chi connectivity index (χ1n) is 7.94. The van der Waals surface area contributed by atoms with Gasteiger partial charge in [0, 0.05) is 19.1 Å². The Morgan fingerprint density at radius 1 is 1.33 bits per heavy atom. The zero-order valence-electron chi connectivity index (χ0n) is 13.5. The summed E-state index contributed by atoms with van der Waals surface area (Å²) in [5.41, 5.74) is 6.52. The van der Waals surface area contributed by atoms with E-state index in [0.717, 1.165) is 30.9 Å². The Kier molecular flexibility index (Phi) is 4.59. The third-order valence-corrected chi connectivity index (χ3v) is 4.15. The summed E-state index contributed by atoms with van der Waals surface area (Å²) >= 11 is 0. The fourth-order valence-electron chi connectivity index (χ4n) is 2.98. The SMILES string of the molecule is Cc1ccc(N2CCCC(Nc3cccc(F)c3C(N)=O)C2)nn1. The van der Waals surface area contributed by atoms with E-state index in [-0.39, 0.29) is 11.6 Å². The number of amides is 1. The Hall–Kier alpha value is -2.70. The normalized spacial score (nSPS) is 17.6. The van der Waals surface area contributed by atoms with E-state index in [1.807, 2.05) is 19.1 Å². The molecule has 126 valence electrons. The molecule has 3 rings (SSSR count). The van der Waals surface area contributed by atoms with E-state index >= 15 is 0 Å². The third-order valence-electron chi connectivity index (χ3n) is 4.15. The minimum absolute atomic E-state index is 0.0711. The quantitative estimate of drug-likeness (QED) is 0.897. The maximum atomic E-state index is 13.9. The summed E-state index contributed by atoms with van der Waals surface area (Å²) < 4.78 is 13.9. The van der Waals surface area contributed by atoms with Crippen molar-refractivity contribution in [2.45, 2.75) is 25.8 Å². The van der Waals surface area contributed by atoms with Gasteiger partial charge < -0.3 is 16.0 Å². The minimum Gasteiger partial charge on any atom is -0.380 e. The molecule has 3 N–H and O–H groups in total. The van der Waals surface area contributed by atoms with Crippen LogP contribution in [0.1, 0.15) is 28.9 Å². The number of primary amides is 1. The molecule has 1 aromatic carbocycles. The predicted molar refractivity (Wildman–Crippen MR) is 90.5 cm³/mol. The van der Waals surface area contributed by atoms with E-state index < -0.39 is 11.7 Å². The average Bonchev–Trinajstić information content (AvgIpc) is 2.55. The van der Waals surface area contributed by atoms with Gasteiger partial charge in [-0.1, -0.05) is 6.07 Å². The summed E-state index contributed by atoms with van der Waals surface area (Å²) in [5, 5.41) is 11.6. The molecule has 0 radical (unpaired) electrons. The molecule has 7 heteroatoms. The molecule has 1 aromatic heterocycles. The first-order valence-corrected chi connectivity index (χ1v) is 7.94. The summed E-state index contributed by atoms with van der Waals surface area (Å²) in [6, 6.07) is 8.42. The highest BCUT2D eigenvalue weighted by atomic mass is 19.1. The van der Waals surface area contributed by atoms with Crippen LogP contribution in [0, 0.1) is 12.7 Å². The van der Waals surface area contributed by atoms with E-state index in [2.05, 4.69) is 20.4 Å². The highest BCUT2D eigenvalue weighted by molar-refractivity contribution is 5.98. The molecule has 2 heterocycles. The number of aryl methyl sites for hydroxylation is 1. The van der Waals surface area contributed by atoms with E-state index in [4.69, 9.17) is 5.73 Å². The van der Waals surface area contributed by atoms with Crippen LogP contribution >= 0.6 is 0 Å². The molecule has 1 fully saturated rings. The lowest BCUT2D eigenvalue weighted by Gasteiger charge is -2.34. The predicted octanol–water partition coefficient (Wildman–Crippen LogP) is 2.10. The molecule has 1 aliphatic heterocycles. The van der Waals surface area contributed by atoms with Crippen molar-refractivity contribution in [1.82, 2.24) is 10.2 Å². The fourth-order valence-corrected chi connectivity index (χ4v) is 2.98. The Labute approximate surface area is 139 Å². The topological polar surface area (TPSA) is 84.1 Å². The number of hydrogen-bond acceptors (Lipinski definition) is 5. The first-order chi connectivity index (χ1) is 11.5. The molecule has 1 atom stereocenters. The summed E-state index contributed by atoms with van der Waals surface area (Å²) in [7, 11) is 0. The minimum atomic E-state index is -0.771. The number of anilines is 2. The summed E-state index contributed by atoms with van der Waals surface area (Å²) in [6.45, 7) is 3.49. The number of carbonyl (C=O) groups is 1. The van der Waals surface area contributed by atoms with Crippen molar-refractivity contribution in [1.29, 1.82) is 0 Å². The number of nitrogens with two attached hydrogens (primary N) is 1. The van der Waals surface area contributed by atoms with Gasteiger partial charge in [0.1, 0.15) is 5.82 Å². The molecular weight excluding hydrogens is 309 g/mol. The second kappa shape index (κ2) is 6.82. The molecule has 2 aromatic rings. The van der Waals surface area contributed by atoms with Gasteiger partial charge in [0.2, 0.25) is 0 Å². The van der Waals surface area contributed by atoms with Crippen molar-refractivity contribution in [3.8, 4) is 0 Å². The lowest BCUT2D eigenvalue weighted by molar-refractivity contribution is 0.0997. The van der Waals surface area contributed by atoms with Gasteiger partial charge in [0.25, 0.3) is 5.91 Å². The van der Waals surface area contributed by atoms with Crippen molar-refractivity contribution in [3.63, 3.8) is 0 Å². The first kappa shape index (κ1) is 16.2. The van der Waals surface area contributed by atoms with Crippen LogP contribution in [-0.4, -0.2) is 35.2 Å². The highest BCUT2D eigenvalue weighted by Crippen LogP contribution is 2.23. The molecule has 6 nitrogen and oxygen atoms in total. The molecule has 1 amide bonds. The summed E-state index contributed by atoms with van der Waals surface area (Å²) in [5.74, 6) is -0.557. The zero-order valence-corrected chi connectivity index (χ0v) is 13.5. The van der Waals surface area contributed by atoms with Crippen LogP contribution in [0.25, 0.3) is 0 Å². The standard InChI is InChI=1S/C17H20FN5O/c1-11-7-8-15(22-21-11)23-9-3-4-12(10-23)20-14-6-2-5-13(18)16(14)17(19)24/h2,5-8,12,20H,3-4,9-10H2,1H3,(H2,19,24). The van der Waals surface area contributed by atoms with E-state index in [0.29, 0.717) is 12.2 Å². The Bertz CT molecular complexity index is 734. The molecule has 1 aliphatic rings. The maximum absolute atomic E-state index is 13.9. The van der Waals surface area contributed by atoms with Gasteiger partial charge in [-0.05, 0) is 44.0 Å². The van der Waals surface area contributed by atoms with Crippen molar-refractivity contribution in [2.24, 2.45) is 5.73 Å². The van der Waals surface area contributed by atoms with Gasteiger partial charge in [0.15, 0.2) is 5.82 Å². The smallest absolute Gasteiger partial charge is 0.253 e. The van der Waals surface area contributed by atoms with Crippen molar-refractivity contribution in [2.75, 3.05) is 23.3 Å². The molecule has 0 saturated carbocycles. The molecule has 0 bridgehead atoms. The van der Waals surface area contributed by atoms with E-state index in [9.17, 15) is 9.18 Å². The van der Waals surface area contributed by atoms with Crippen molar-refractivity contribution >= 4 is 17.4 Å². The van der Waals surface area contributed by atoms with Crippen LogP contribution in [0.15, 0.2) is 30.3 Å². The highest BCUT2D eigenvalue weighted by Gasteiger charge is 2.23. The largest absolute Gasteiger partial charge is 0.380 e. The van der Waals surface area contributed by atoms with Crippen molar-refractivity contribution in [3.05, 3.63) is 47.4 Å². The van der Waals surface area contributed by atoms with Crippen LogP contribution in [-0.2, 0) is 0 Å². The second-order valence-electron chi connectivity index (χ2n) is 5.99. The number of nitrogens with one attached hydrogen (secondary N) is 1. The summed E-state index contributed by atoms with van der Waals surface area (Å²) in [4.78, 5) is 13.7. The van der Waals surface area contributed by atoms with Crippen LogP contribution in [0.2, 0.25) is 0 Å². The summed E-state index contributed by atoms with van der Waals surface area (Å²) in [6.07, 6.45) is 1.89. The molecular formula is C17H20FN5O. The number of hydrogen-bond donors (Lipinski definition) is 2. The monoisotopic (exact) mass is 329 g/mol. The van der Waals surface area contributed by atoms with Gasteiger partial charge >= 0.3 is 0 Å². The van der Waals surface area contributed by atoms with Gasteiger partial charge in [-0.25, -0.2) is 4.39 Å². The fraction of sp³-hybridized carbons (Fsp3) is 0.353. The molecule has 1 unspecified atom stereocenters. The number of halogens is 1. The van der Waals surface area contributed by atoms with Gasteiger partial charge in [-0.15, -0.1) is 5.10 Å². The van der Waals surface area contributed by atoms with Gasteiger partial charge in [0.05, 0.1) is 16.9 Å². The maximum Gasteiger partial charge on any atom is 0.253 e. The molecule has 0 aliphatic carbocycles. The average molecular weight is 329 g/mol. The Morgan fingerprint density at radius 3 is 2.88 bits per heavy atom. The molecule has 0 spiro atoms. The Balaban J connectivity index is 1.75. The van der Waals surface area contributed by atoms with Crippen LogP contribution < -0.4 is 16.0 Å². The van der Waals surface area contributed by atoms with Gasteiger partial charge in [-0.3, -0.25) is 4.79 Å². The molecule has 1 saturated heterocycles. The molecule has 24 heavy (non-hydrogen) atoms. The number of nitrogens with zero attached hydrogens (tertiary/aromatic N) is 3. The van der Waals surface area contributed by atoms with Crippen molar-refractivity contribution < 1.29 is 9.18 Å². The second-order valence-corrected chi connectivity index (χ2v) is 5.99. The lowest BCUT2D eigenvalue weighted by atomic mass is 10.0. The van der Waals surface area contributed by atoms with Crippen LogP contribution in [0.4, 0.5) is 15.9 Å². The number of benzene rings is 1. The van der Waals surface area contributed by atoms with E-state index in [1.165, 1.54) is 6.07 Å². The number of aromatic nitrogens is 2. The zero-order chi connectivity index (χ0) is 17.1. The lowest BCUT2D eigenvalue weighted by Crippen LogP contribution is -2.43. The number of rotatable bonds is 4. The number of carbonyl (C=O) groups excluding carboxylic acids is 1. The van der Waals surface area contributed by atoms with Crippen LogP contribution in [0.3, 0.4) is 0 Å². The number of piperidine rings is 1. The Morgan fingerprint density at radius 2 is 2.17 bits per heavy atom. The van der Waals surface area contributed by atoms with Gasteiger partial charge in [-0.2, -0.15) is 5.10 Å². The third kappa shape index (κ3) is 3.45. The van der Waals surface area contributed by atoms with Crippen LogP contribution in [0.5, 0.6) is 0 Å². The van der Waals surface area contributed by atoms with E-state index in [1.54, 1.807) is 12.1 Å².